The fraction of sp³-hybridized carbons (Fsp3) is 0.156. The first-order valence-electron chi connectivity index (χ1n) is 12.7. The molecule has 1 aliphatic carbocycles. The number of aromatic nitrogens is 1. The summed E-state index contributed by atoms with van der Waals surface area (Å²) in [6, 6.07) is 23.0. The molecule has 6 nitrogen and oxygen atoms in total. The van der Waals surface area contributed by atoms with E-state index in [-0.39, 0.29) is 11.6 Å². The lowest BCUT2D eigenvalue weighted by molar-refractivity contribution is 0.0600. The van der Waals surface area contributed by atoms with E-state index in [1.54, 1.807) is 22.8 Å². The van der Waals surface area contributed by atoms with Crippen molar-refractivity contribution in [2.24, 2.45) is 4.99 Å². The van der Waals surface area contributed by atoms with E-state index in [0.29, 0.717) is 21.5 Å². The van der Waals surface area contributed by atoms with Gasteiger partial charge in [-0.15, -0.1) is 0 Å². The Morgan fingerprint density at radius 1 is 1.08 bits per heavy atom. The average Bonchev–Trinajstić information content (AvgIpc) is 3.29. The molecular weight excluding hydrogens is 508 g/mol. The monoisotopic (exact) mass is 534 g/mol. The third kappa shape index (κ3) is 4.55. The molecule has 0 bridgehead atoms. The highest BCUT2D eigenvalue weighted by atomic mass is 32.1. The maximum Gasteiger partial charge on any atom is 0.337 e. The number of carbonyl (C=O) groups is 1. The number of rotatable bonds is 6. The van der Waals surface area contributed by atoms with Crippen molar-refractivity contribution < 1.29 is 14.3 Å². The van der Waals surface area contributed by atoms with Gasteiger partial charge in [-0.25, -0.2) is 9.79 Å². The minimum atomic E-state index is -0.391. The fourth-order valence-corrected chi connectivity index (χ4v) is 6.21. The Morgan fingerprint density at radius 2 is 1.85 bits per heavy atom. The summed E-state index contributed by atoms with van der Waals surface area (Å²) < 4.78 is 12.9. The van der Waals surface area contributed by atoms with Crippen LogP contribution in [-0.4, -0.2) is 24.3 Å². The van der Waals surface area contributed by atoms with Crippen LogP contribution >= 0.6 is 11.3 Å². The van der Waals surface area contributed by atoms with Crippen molar-refractivity contribution in [2.45, 2.75) is 18.9 Å². The minimum Gasteiger partial charge on any atom is -0.490 e. The fourth-order valence-electron chi connectivity index (χ4n) is 5.21. The second-order valence-corrected chi connectivity index (χ2v) is 10.4. The minimum absolute atomic E-state index is 0.0850. The van der Waals surface area contributed by atoms with Gasteiger partial charge in [0.05, 0.1) is 28.9 Å². The predicted octanol–water partition coefficient (Wildman–Crippen LogP) is 4.67. The molecule has 1 atom stereocenters. The smallest absolute Gasteiger partial charge is 0.337 e. The number of nitrogens with zero attached hydrogens (tertiary/aromatic N) is 2. The molecule has 0 amide bonds. The zero-order valence-corrected chi connectivity index (χ0v) is 22.2. The summed E-state index contributed by atoms with van der Waals surface area (Å²) in [7, 11) is 1.37. The first kappa shape index (κ1) is 24.8. The number of methoxy groups -OCH3 is 1. The molecule has 1 unspecified atom stereocenters. The lowest BCUT2D eigenvalue weighted by atomic mass is 9.83. The molecule has 3 aromatic carbocycles. The van der Waals surface area contributed by atoms with Crippen LogP contribution in [0.3, 0.4) is 0 Å². The maximum absolute atomic E-state index is 13.9. The number of allylic oxidation sites excluding steroid dienone is 1. The van der Waals surface area contributed by atoms with Crippen LogP contribution in [0.1, 0.15) is 45.1 Å². The molecule has 0 radical (unpaired) electrons. The Hall–Kier alpha value is -4.49. The molecule has 7 heteroatoms. The molecule has 0 N–H and O–H groups in total. The van der Waals surface area contributed by atoms with E-state index < -0.39 is 5.97 Å². The quantitative estimate of drug-likeness (QED) is 0.266. The van der Waals surface area contributed by atoms with E-state index >= 15 is 0 Å². The topological polar surface area (TPSA) is 69.9 Å². The summed E-state index contributed by atoms with van der Waals surface area (Å²) in [6.45, 7) is 4.11. The summed E-state index contributed by atoms with van der Waals surface area (Å²) >= 11 is 1.39. The molecule has 0 spiro atoms. The Balaban J connectivity index is 1.50. The highest BCUT2D eigenvalue weighted by molar-refractivity contribution is 7.07. The van der Waals surface area contributed by atoms with Gasteiger partial charge in [-0.2, -0.15) is 0 Å². The molecule has 2 aliphatic rings. The molecule has 6 rings (SSSR count). The molecule has 194 valence electrons. The van der Waals surface area contributed by atoms with Gasteiger partial charge in [0, 0.05) is 5.56 Å². The number of carbonyl (C=O) groups excluding carboxylic acids is 1. The van der Waals surface area contributed by atoms with E-state index in [0.717, 1.165) is 46.6 Å². The van der Waals surface area contributed by atoms with E-state index in [1.165, 1.54) is 24.0 Å². The van der Waals surface area contributed by atoms with Crippen molar-refractivity contribution in [3.63, 3.8) is 0 Å². The van der Waals surface area contributed by atoms with Crippen molar-refractivity contribution in [3.05, 3.63) is 139 Å². The van der Waals surface area contributed by atoms with Crippen molar-refractivity contribution in [2.75, 3.05) is 13.7 Å². The SMILES string of the molecule is C=CCOc1ccc(C=c2sc3n(c2=O)C(c2ccc(C(=O)OC)cc2)C2=C(N=3)c3ccccc3CC2)cc1. The van der Waals surface area contributed by atoms with Gasteiger partial charge in [-0.1, -0.05) is 72.5 Å². The van der Waals surface area contributed by atoms with Crippen molar-refractivity contribution >= 4 is 29.1 Å². The van der Waals surface area contributed by atoms with E-state index in [4.69, 9.17) is 14.5 Å². The average molecular weight is 535 g/mol. The Kier molecular flexibility index (Phi) is 6.59. The second-order valence-electron chi connectivity index (χ2n) is 9.40. The maximum atomic E-state index is 13.9. The summed E-state index contributed by atoms with van der Waals surface area (Å²) in [5.74, 6) is 0.355. The Morgan fingerprint density at radius 3 is 2.59 bits per heavy atom. The zero-order valence-electron chi connectivity index (χ0n) is 21.4. The van der Waals surface area contributed by atoms with Crippen LogP contribution in [0.25, 0.3) is 11.8 Å². The highest BCUT2D eigenvalue weighted by Crippen LogP contribution is 2.41. The normalized spacial score (nSPS) is 16.0. The third-order valence-electron chi connectivity index (χ3n) is 7.07. The molecular formula is C32H26N2O4S. The largest absolute Gasteiger partial charge is 0.490 e. The van der Waals surface area contributed by atoms with Gasteiger partial charge in [0.15, 0.2) is 4.80 Å². The Bertz CT molecular complexity index is 1790. The van der Waals surface area contributed by atoms with E-state index in [9.17, 15) is 9.59 Å². The van der Waals surface area contributed by atoms with Gasteiger partial charge in [0.25, 0.3) is 5.56 Å². The number of aryl methyl sites for hydroxylation is 1. The molecule has 0 fully saturated rings. The highest BCUT2D eigenvalue weighted by Gasteiger charge is 2.32. The van der Waals surface area contributed by atoms with Crippen LogP contribution < -0.4 is 19.6 Å². The molecule has 4 aromatic rings. The van der Waals surface area contributed by atoms with Crippen LogP contribution in [0.2, 0.25) is 0 Å². The molecule has 2 heterocycles. The van der Waals surface area contributed by atoms with Crippen molar-refractivity contribution in [1.82, 2.24) is 4.57 Å². The molecule has 0 saturated heterocycles. The first-order chi connectivity index (χ1) is 19.1. The van der Waals surface area contributed by atoms with E-state index in [2.05, 4.69) is 24.8 Å². The molecule has 1 aliphatic heterocycles. The van der Waals surface area contributed by atoms with Crippen LogP contribution in [-0.2, 0) is 11.2 Å². The standard InChI is InChI=1S/C32H26N2O4S/c1-3-18-38-24-15-8-20(9-16-24)19-27-30(35)34-29(22-10-12-23(13-11-22)31(36)37-2)26-17-14-21-6-4-5-7-25(21)28(26)33-32(34)39-27/h3-13,15-16,19,29H,1,14,17-18H2,2H3. The number of thiazole rings is 1. The van der Waals surface area contributed by atoms with Gasteiger partial charge in [0.2, 0.25) is 0 Å². The number of hydrogen-bond acceptors (Lipinski definition) is 6. The number of hydrogen-bond donors (Lipinski definition) is 0. The van der Waals surface area contributed by atoms with Crippen LogP contribution in [0.15, 0.2) is 101 Å². The predicted molar refractivity (Wildman–Crippen MR) is 153 cm³/mol. The van der Waals surface area contributed by atoms with Crippen molar-refractivity contribution in [1.29, 1.82) is 0 Å². The number of ether oxygens (including phenoxy) is 2. The van der Waals surface area contributed by atoms with Gasteiger partial charge in [-0.05, 0) is 65.4 Å². The molecule has 39 heavy (non-hydrogen) atoms. The summed E-state index contributed by atoms with van der Waals surface area (Å²) in [4.78, 5) is 31.7. The summed E-state index contributed by atoms with van der Waals surface area (Å²) in [5.41, 5.74) is 6.65. The number of fused-ring (bicyclic) bond motifs is 3. The van der Waals surface area contributed by atoms with Gasteiger partial charge in [-0.3, -0.25) is 9.36 Å². The van der Waals surface area contributed by atoms with Gasteiger partial charge in [0.1, 0.15) is 12.4 Å². The van der Waals surface area contributed by atoms with Gasteiger partial charge >= 0.3 is 5.97 Å². The van der Waals surface area contributed by atoms with Crippen LogP contribution in [0, 0.1) is 0 Å². The summed E-state index contributed by atoms with van der Waals surface area (Å²) in [5, 5.41) is 0. The van der Waals surface area contributed by atoms with E-state index in [1.807, 2.05) is 48.5 Å². The number of benzene rings is 3. The molecule has 0 saturated carbocycles. The van der Waals surface area contributed by atoms with Crippen LogP contribution in [0.4, 0.5) is 0 Å². The second kappa shape index (κ2) is 10.3. The summed E-state index contributed by atoms with van der Waals surface area (Å²) in [6.07, 6.45) is 5.28. The first-order valence-corrected chi connectivity index (χ1v) is 13.5. The molecule has 1 aromatic heterocycles. The number of esters is 1. The van der Waals surface area contributed by atoms with Crippen LogP contribution in [0.5, 0.6) is 5.75 Å². The van der Waals surface area contributed by atoms with Gasteiger partial charge < -0.3 is 9.47 Å². The van der Waals surface area contributed by atoms with Crippen molar-refractivity contribution in [3.8, 4) is 5.75 Å². The lowest BCUT2D eigenvalue weighted by Crippen LogP contribution is -2.38. The Labute approximate surface area is 229 Å². The zero-order chi connectivity index (χ0) is 26.9. The lowest BCUT2D eigenvalue weighted by Gasteiger charge is -2.30. The third-order valence-corrected chi connectivity index (χ3v) is 8.05.